The Morgan fingerprint density at radius 1 is 0.941 bits per heavy atom. The first kappa shape index (κ1) is 15.3. The van der Waals surface area contributed by atoms with Gasteiger partial charge in [0.15, 0.2) is 0 Å². The average molecular weight is 260 g/mol. The minimum absolute atomic E-state index is 0.427. The molecule has 0 bridgehead atoms. The summed E-state index contributed by atoms with van der Waals surface area (Å²) >= 11 is 6.36. The van der Waals surface area contributed by atoms with Gasteiger partial charge in [-0.15, -0.1) is 11.6 Å². The highest BCUT2D eigenvalue weighted by Crippen LogP contribution is 2.16. The molecule has 0 aromatic carbocycles. The normalized spacial score (nSPS) is 19.4. The summed E-state index contributed by atoms with van der Waals surface area (Å²) in [6, 6.07) is 0. The number of rotatable bonds is 9. The van der Waals surface area contributed by atoms with E-state index in [9.17, 15) is 0 Å². The van der Waals surface area contributed by atoms with Crippen LogP contribution >= 0.6 is 11.6 Å². The van der Waals surface area contributed by atoms with Gasteiger partial charge in [0.25, 0.3) is 0 Å². The molecule has 0 radical (unpaired) electrons. The van der Waals surface area contributed by atoms with Gasteiger partial charge < -0.3 is 4.90 Å². The second-order valence-corrected chi connectivity index (χ2v) is 6.11. The van der Waals surface area contributed by atoms with Crippen molar-refractivity contribution in [3.63, 3.8) is 0 Å². The molecule has 1 aliphatic rings. The van der Waals surface area contributed by atoms with Crippen LogP contribution in [-0.2, 0) is 0 Å². The molecule has 0 amide bonds. The molecule has 102 valence electrons. The third-order valence-electron chi connectivity index (χ3n) is 3.81. The summed E-state index contributed by atoms with van der Waals surface area (Å²) in [6.45, 7) is 6.18. The molecule has 1 aliphatic heterocycles. The highest BCUT2D eigenvalue weighted by Gasteiger charge is 2.10. The molecular formula is C15H30ClN. The van der Waals surface area contributed by atoms with Gasteiger partial charge in [-0.3, -0.25) is 0 Å². The largest absolute Gasteiger partial charge is 0.303 e. The molecule has 0 N–H and O–H groups in total. The lowest BCUT2D eigenvalue weighted by Gasteiger charge is -2.26. The van der Waals surface area contributed by atoms with Gasteiger partial charge in [-0.05, 0) is 51.7 Å². The zero-order valence-electron chi connectivity index (χ0n) is 11.6. The van der Waals surface area contributed by atoms with Crippen LogP contribution < -0.4 is 0 Å². The number of likely N-dealkylation sites (tertiary alicyclic amines) is 1. The number of unbranched alkanes of at least 4 members (excludes halogenated alkanes) is 3. The van der Waals surface area contributed by atoms with Crippen molar-refractivity contribution in [2.24, 2.45) is 0 Å². The molecule has 0 spiro atoms. The maximum atomic E-state index is 6.36. The highest BCUT2D eigenvalue weighted by atomic mass is 35.5. The number of halogens is 1. The van der Waals surface area contributed by atoms with Crippen LogP contribution in [0.3, 0.4) is 0 Å². The lowest BCUT2D eigenvalue weighted by molar-refractivity contribution is 0.224. The Kier molecular flexibility index (Phi) is 9.18. The summed E-state index contributed by atoms with van der Waals surface area (Å²) in [7, 11) is 0. The van der Waals surface area contributed by atoms with Crippen LogP contribution in [0.2, 0.25) is 0 Å². The molecule has 0 aromatic heterocycles. The SMILES string of the molecule is CCCCCCC(Cl)CCCN1CCCCC1. The lowest BCUT2D eigenvalue weighted by atomic mass is 10.1. The molecule has 17 heavy (non-hydrogen) atoms. The quantitative estimate of drug-likeness (QED) is 0.423. The number of hydrogen-bond donors (Lipinski definition) is 0. The van der Waals surface area contributed by atoms with Crippen molar-refractivity contribution in [3.8, 4) is 0 Å². The Morgan fingerprint density at radius 3 is 2.35 bits per heavy atom. The summed E-state index contributed by atoms with van der Waals surface area (Å²) in [5, 5.41) is 0.427. The predicted octanol–water partition coefficient (Wildman–Crippen LogP) is 4.83. The molecule has 1 atom stereocenters. The maximum absolute atomic E-state index is 6.36. The van der Waals surface area contributed by atoms with Crippen molar-refractivity contribution < 1.29 is 0 Å². The number of piperidine rings is 1. The van der Waals surface area contributed by atoms with Gasteiger partial charge in [-0.2, -0.15) is 0 Å². The summed E-state index contributed by atoms with van der Waals surface area (Å²) in [5.74, 6) is 0. The zero-order valence-corrected chi connectivity index (χ0v) is 12.4. The smallest absolute Gasteiger partial charge is 0.0336 e. The first-order chi connectivity index (χ1) is 8.33. The van der Waals surface area contributed by atoms with Crippen LogP contribution in [0.15, 0.2) is 0 Å². The molecule has 1 fully saturated rings. The minimum Gasteiger partial charge on any atom is -0.303 e. The van der Waals surface area contributed by atoms with E-state index in [1.165, 1.54) is 83.8 Å². The first-order valence-corrected chi connectivity index (χ1v) is 8.13. The van der Waals surface area contributed by atoms with Crippen molar-refractivity contribution in [1.29, 1.82) is 0 Å². The van der Waals surface area contributed by atoms with Gasteiger partial charge in [0.1, 0.15) is 0 Å². The van der Waals surface area contributed by atoms with Crippen LogP contribution in [0.4, 0.5) is 0 Å². The van der Waals surface area contributed by atoms with E-state index < -0.39 is 0 Å². The van der Waals surface area contributed by atoms with E-state index in [4.69, 9.17) is 11.6 Å². The Morgan fingerprint density at radius 2 is 1.65 bits per heavy atom. The van der Waals surface area contributed by atoms with E-state index in [0.717, 1.165) is 0 Å². The van der Waals surface area contributed by atoms with Gasteiger partial charge in [-0.25, -0.2) is 0 Å². The van der Waals surface area contributed by atoms with Crippen molar-refractivity contribution in [2.75, 3.05) is 19.6 Å². The molecule has 2 heteroatoms. The second kappa shape index (κ2) is 10.2. The molecule has 1 unspecified atom stereocenters. The van der Waals surface area contributed by atoms with Crippen LogP contribution in [-0.4, -0.2) is 29.9 Å². The third-order valence-corrected chi connectivity index (χ3v) is 4.25. The summed E-state index contributed by atoms with van der Waals surface area (Å²) < 4.78 is 0. The van der Waals surface area contributed by atoms with E-state index in [1.807, 2.05) is 0 Å². The van der Waals surface area contributed by atoms with Gasteiger partial charge in [0, 0.05) is 5.38 Å². The Hall–Kier alpha value is 0.250. The molecule has 1 saturated heterocycles. The molecule has 1 rings (SSSR count). The zero-order chi connectivity index (χ0) is 12.3. The van der Waals surface area contributed by atoms with Gasteiger partial charge in [0.2, 0.25) is 0 Å². The molecule has 1 heterocycles. The van der Waals surface area contributed by atoms with Crippen molar-refractivity contribution in [1.82, 2.24) is 4.90 Å². The van der Waals surface area contributed by atoms with E-state index in [0.29, 0.717) is 5.38 Å². The summed E-state index contributed by atoms with van der Waals surface area (Å²) in [4.78, 5) is 2.62. The Bertz CT molecular complexity index is 166. The Balaban J connectivity index is 1.90. The standard InChI is InChI=1S/C15H30ClN/c1-2-3-4-6-10-15(16)11-9-14-17-12-7-5-8-13-17/h15H,2-14H2,1H3. The second-order valence-electron chi connectivity index (χ2n) is 5.49. The van der Waals surface area contributed by atoms with Crippen LogP contribution in [0.5, 0.6) is 0 Å². The molecular weight excluding hydrogens is 230 g/mol. The molecule has 1 nitrogen and oxygen atoms in total. The summed E-state index contributed by atoms with van der Waals surface area (Å²) in [6.07, 6.45) is 13.4. The fraction of sp³-hybridized carbons (Fsp3) is 1.00. The minimum atomic E-state index is 0.427. The van der Waals surface area contributed by atoms with Gasteiger partial charge >= 0.3 is 0 Å². The van der Waals surface area contributed by atoms with Crippen molar-refractivity contribution in [2.45, 2.75) is 76.5 Å². The van der Waals surface area contributed by atoms with Crippen LogP contribution in [0.1, 0.15) is 71.1 Å². The fourth-order valence-corrected chi connectivity index (χ4v) is 2.96. The summed E-state index contributed by atoms with van der Waals surface area (Å²) in [5.41, 5.74) is 0. The highest BCUT2D eigenvalue weighted by molar-refractivity contribution is 6.20. The van der Waals surface area contributed by atoms with E-state index in [2.05, 4.69) is 11.8 Å². The van der Waals surface area contributed by atoms with Crippen LogP contribution in [0, 0.1) is 0 Å². The molecule has 0 saturated carbocycles. The fourth-order valence-electron chi connectivity index (χ4n) is 2.66. The number of nitrogens with zero attached hydrogens (tertiary/aromatic N) is 1. The van der Waals surface area contributed by atoms with Crippen molar-refractivity contribution in [3.05, 3.63) is 0 Å². The monoisotopic (exact) mass is 259 g/mol. The predicted molar refractivity (Wildman–Crippen MR) is 77.9 cm³/mol. The van der Waals surface area contributed by atoms with Gasteiger partial charge in [-0.1, -0.05) is 39.0 Å². The maximum Gasteiger partial charge on any atom is 0.0336 e. The van der Waals surface area contributed by atoms with E-state index >= 15 is 0 Å². The lowest BCUT2D eigenvalue weighted by Crippen LogP contribution is -2.30. The van der Waals surface area contributed by atoms with E-state index in [-0.39, 0.29) is 0 Å². The Labute approximate surface area is 113 Å². The average Bonchev–Trinajstić information content (AvgIpc) is 2.36. The van der Waals surface area contributed by atoms with E-state index in [1.54, 1.807) is 0 Å². The van der Waals surface area contributed by atoms with Crippen LogP contribution in [0.25, 0.3) is 0 Å². The molecule has 0 aliphatic carbocycles. The molecule has 0 aromatic rings. The number of hydrogen-bond acceptors (Lipinski definition) is 1. The number of alkyl halides is 1. The topological polar surface area (TPSA) is 3.24 Å². The van der Waals surface area contributed by atoms with Gasteiger partial charge in [0.05, 0.1) is 0 Å². The first-order valence-electron chi connectivity index (χ1n) is 7.69. The van der Waals surface area contributed by atoms with Crippen molar-refractivity contribution >= 4 is 11.6 Å². The third kappa shape index (κ3) is 8.05.